The zero-order valence-electron chi connectivity index (χ0n) is 18.3. The standard InChI is InChI=1S/C23H27NO7/c1-12(26)24-17-8-6-14-16(11-25)21(29-3)23(31-5)22(30-4)20(14)13-7-9-19(28-2)18(27)10-15(13)17/h7,9-10,17,25H,6,8,11H2,1-5H3,(H,24,26)/t17-/m0/s1. The van der Waals surface area contributed by atoms with Gasteiger partial charge in [-0.25, -0.2) is 0 Å². The maximum atomic E-state index is 12.7. The van der Waals surface area contributed by atoms with Gasteiger partial charge in [0.2, 0.25) is 17.1 Å². The van der Waals surface area contributed by atoms with Gasteiger partial charge < -0.3 is 29.4 Å². The van der Waals surface area contributed by atoms with Gasteiger partial charge in [-0.1, -0.05) is 6.07 Å². The molecular formula is C23H27NO7. The summed E-state index contributed by atoms with van der Waals surface area (Å²) in [6, 6.07) is 4.43. The number of aliphatic hydroxyl groups is 1. The molecule has 0 spiro atoms. The molecule has 0 saturated heterocycles. The van der Waals surface area contributed by atoms with E-state index >= 15 is 0 Å². The van der Waals surface area contributed by atoms with Crippen molar-refractivity contribution in [3.05, 3.63) is 45.1 Å². The lowest BCUT2D eigenvalue weighted by molar-refractivity contribution is -0.119. The maximum absolute atomic E-state index is 12.7. The summed E-state index contributed by atoms with van der Waals surface area (Å²) in [4.78, 5) is 24.6. The number of hydrogen-bond donors (Lipinski definition) is 2. The molecule has 166 valence electrons. The Bertz CT molecular complexity index is 1060. The van der Waals surface area contributed by atoms with Crippen molar-refractivity contribution in [2.45, 2.75) is 32.4 Å². The minimum Gasteiger partial charge on any atom is -0.493 e. The van der Waals surface area contributed by atoms with Crippen molar-refractivity contribution in [3.8, 4) is 34.1 Å². The van der Waals surface area contributed by atoms with Gasteiger partial charge in [-0.05, 0) is 41.7 Å². The highest BCUT2D eigenvalue weighted by atomic mass is 16.5. The number of fused-ring (bicyclic) bond motifs is 3. The van der Waals surface area contributed by atoms with E-state index in [-0.39, 0.29) is 23.7 Å². The number of amides is 1. The van der Waals surface area contributed by atoms with Gasteiger partial charge >= 0.3 is 0 Å². The van der Waals surface area contributed by atoms with Gasteiger partial charge in [0.1, 0.15) is 0 Å². The van der Waals surface area contributed by atoms with Crippen LogP contribution in [-0.2, 0) is 17.8 Å². The smallest absolute Gasteiger partial charge is 0.220 e. The number of carbonyl (C=O) groups is 1. The molecule has 0 aromatic heterocycles. The van der Waals surface area contributed by atoms with Crippen LogP contribution in [0.15, 0.2) is 23.0 Å². The molecule has 8 nitrogen and oxygen atoms in total. The van der Waals surface area contributed by atoms with Crippen molar-refractivity contribution >= 4 is 5.91 Å². The zero-order chi connectivity index (χ0) is 22.7. The third-order valence-electron chi connectivity index (χ3n) is 5.52. The molecule has 2 aromatic carbocycles. The molecule has 0 bridgehead atoms. The van der Waals surface area contributed by atoms with Gasteiger partial charge in [0.05, 0.1) is 41.1 Å². The summed E-state index contributed by atoms with van der Waals surface area (Å²) in [7, 11) is 5.95. The third kappa shape index (κ3) is 3.90. The molecule has 2 aromatic rings. The van der Waals surface area contributed by atoms with E-state index in [0.29, 0.717) is 52.3 Å². The molecule has 1 aliphatic rings. The average Bonchev–Trinajstić information content (AvgIpc) is 3.00. The first-order valence-corrected chi connectivity index (χ1v) is 9.85. The van der Waals surface area contributed by atoms with Gasteiger partial charge in [-0.3, -0.25) is 9.59 Å². The number of nitrogens with one attached hydrogen (secondary N) is 1. The first kappa shape index (κ1) is 22.4. The predicted octanol–water partition coefficient (Wildman–Crippen LogP) is 2.36. The SMILES string of the molecule is COc1c(CO)c2c(c(OC)c1OC)-c1ccc(OC)c(=O)cc1[C@@H](NC(C)=O)CC2. The van der Waals surface area contributed by atoms with Crippen LogP contribution >= 0.6 is 0 Å². The molecule has 3 rings (SSSR count). The van der Waals surface area contributed by atoms with E-state index in [1.165, 1.54) is 41.4 Å². The van der Waals surface area contributed by atoms with E-state index in [1.807, 2.05) is 0 Å². The fourth-order valence-corrected chi connectivity index (χ4v) is 4.25. The second kappa shape index (κ2) is 9.26. The highest BCUT2D eigenvalue weighted by molar-refractivity contribution is 5.85. The van der Waals surface area contributed by atoms with Gasteiger partial charge in [-0.15, -0.1) is 0 Å². The summed E-state index contributed by atoms with van der Waals surface area (Å²) in [6.45, 7) is 1.16. The second-order valence-corrected chi connectivity index (χ2v) is 7.16. The van der Waals surface area contributed by atoms with Crippen LogP contribution in [0.4, 0.5) is 0 Å². The van der Waals surface area contributed by atoms with E-state index < -0.39 is 6.04 Å². The molecule has 8 heteroatoms. The lowest BCUT2D eigenvalue weighted by Crippen LogP contribution is -2.26. The number of hydrogen-bond acceptors (Lipinski definition) is 7. The maximum Gasteiger partial charge on any atom is 0.220 e. The number of methoxy groups -OCH3 is 4. The van der Waals surface area contributed by atoms with Gasteiger partial charge in [0, 0.05) is 18.1 Å². The molecular weight excluding hydrogens is 402 g/mol. The zero-order valence-corrected chi connectivity index (χ0v) is 18.3. The molecule has 0 aliphatic heterocycles. The molecule has 0 unspecified atom stereocenters. The van der Waals surface area contributed by atoms with E-state index in [4.69, 9.17) is 18.9 Å². The second-order valence-electron chi connectivity index (χ2n) is 7.16. The Labute approximate surface area is 180 Å². The number of rotatable bonds is 6. The molecule has 1 amide bonds. The van der Waals surface area contributed by atoms with E-state index in [1.54, 1.807) is 12.1 Å². The summed E-state index contributed by atoms with van der Waals surface area (Å²) in [6.07, 6.45) is 1.02. The quantitative estimate of drug-likeness (QED) is 0.727. The van der Waals surface area contributed by atoms with Crippen molar-refractivity contribution < 1.29 is 28.8 Å². The van der Waals surface area contributed by atoms with Gasteiger partial charge in [0.15, 0.2) is 17.2 Å². The minimum absolute atomic E-state index is 0.179. The Balaban J connectivity index is 2.50. The number of benzene rings is 1. The average molecular weight is 429 g/mol. The third-order valence-corrected chi connectivity index (χ3v) is 5.52. The molecule has 0 heterocycles. The summed E-state index contributed by atoms with van der Waals surface area (Å²) in [5, 5.41) is 13.1. The molecule has 0 radical (unpaired) electrons. The van der Waals surface area contributed by atoms with Crippen molar-refractivity contribution in [1.82, 2.24) is 5.32 Å². The molecule has 0 fully saturated rings. The van der Waals surface area contributed by atoms with Crippen LogP contribution in [0.25, 0.3) is 11.1 Å². The first-order chi connectivity index (χ1) is 14.9. The largest absolute Gasteiger partial charge is 0.493 e. The van der Waals surface area contributed by atoms with Crippen LogP contribution in [0.2, 0.25) is 0 Å². The topological polar surface area (TPSA) is 103 Å². The monoisotopic (exact) mass is 429 g/mol. The van der Waals surface area contributed by atoms with Crippen LogP contribution < -0.4 is 29.7 Å². The van der Waals surface area contributed by atoms with Crippen molar-refractivity contribution in [1.29, 1.82) is 0 Å². The Morgan fingerprint density at radius 2 is 1.74 bits per heavy atom. The van der Waals surface area contributed by atoms with Gasteiger partial charge in [-0.2, -0.15) is 0 Å². The Kier molecular flexibility index (Phi) is 6.70. The summed E-state index contributed by atoms with van der Waals surface area (Å²) >= 11 is 0. The number of ether oxygens (including phenoxy) is 4. The number of carbonyl (C=O) groups excluding carboxylic acids is 1. The molecule has 2 N–H and O–H groups in total. The van der Waals surface area contributed by atoms with Crippen molar-refractivity contribution in [3.63, 3.8) is 0 Å². The summed E-state index contributed by atoms with van der Waals surface area (Å²) in [5.41, 5.74) is 3.08. The van der Waals surface area contributed by atoms with E-state index in [2.05, 4.69) is 5.32 Å². The van der Waals surface area contributed by atoms with Crippen LogP contribution in [-0.4, -0.2) is 39.5 Å². The van der Waals surface area contributed by atoms with Crippen LogP contribution in [0.5, 0.6) is 23.0 Å². The fraction of sp³-hybridized carbons (Fsp3) is 0.391. The van der Waals surface area contributed by atoms with E-state index in [0.717, 1.165) is 5.56 Å². The Hall–Kier alpha value is -3.26. The lowest BCUT2D eigenvalue weighted by atomic mass is 9.91. The highest BCUT2D eigenvalue weighted by Crippen LogP contribution is 2.52. The Morgan fingerprint density at radius 1 is 1.06 bits per heavy atom. The summed E-state index contributed by atoms with van der Waals surface area (Å²) < 4.78 is 22.1. The fourth-order valence-electron chi connectivity index (χ4n) is 4.25. The van der Waals surface area contributed by atoms with Crippen molar-refractivity contribution in [2.24, 2.45) is 0 Å². The van der Waals surface area contributed by atoms with Crippen LogP contribution in [0, 0.1) is 0 Å². The van der Waals surface area contributed by atoms with Crippen LogP contribution in [0.3, 0.4) is 0 Å². The van der Waals surface area contributed by atoms with Crippen LogP contribution in [0.1, 0.15) is 36.1 Å². The molecule has 1 atom stereocenters. The van der Waals surface area contributed by atoms with Crippen molar-refractivity contribution in [2.75, 3.05) is 28.4 Å². The Morgan fingerprint density at radius 3 is 2.29 bits per heavy atom. The normalized spacial score (nSPS) is 14.6. The number of aliphatic hydroxyl groups excluding tert-OH is 1. The molecule has 31 heavy (non-hydrogen) atoms. The van der Waals surface area contributed by atoms with Gasteiger partial charge in [0.25, 0.3) is 0 Å². The predicted molar refractivity (Wildman–Crippen MR) is 115 cm³/mol. The molecule has 0 saturated carbocycles. The lowest BCUT2D eigenvalue weighted by Gasteiger charge is -2.22. The first-order valence-electron chi connectivity index (χ1n) is 9.85. The molecule has 1 aliphatic carbocycles. The summed E-state index contributed by atoms with van der Waals surface area (Å²) in [5.74, 6) is 1.13. The minimum atomic E-state index is -0.419. The highest BCUT2D eigenvalue weighted by Gasteiger charge is 2.32. The van der Waals surface area contributed by atoms with E-state index in [9.17, 15) is 14.7 Å².